The first-order chi connectivity index (χ1) is 9.56. The molecule has 0 spiro atoms. The third kappa shape index (κ3) is 3.79. The summed E-state index contributed by atoms with van der Waals surface area (Å²) in [4.78, 5) is 23.1. The lowest BCUT2D eigenvalue weighted by molar-refractivity contribution is -0.131. The number of carbonyl (C=O) groups is 2. The maximum Gasteiger partial charge on any atom is 0.328 e. The van der Waals surface area contributed by atoms with E-state index in [4.69, 9.17) is 5.11 Å². The molecule has 2 aromatic rings. The number of hydrogen-bond acceptors (Lipinski definition) is 4. The second kappa shape index (κ2) is 6.49. The Balaban J connectivity index is 1.96. The van der Waals surface area contributed by atoms with Crippen LogP contribution in [0.25, 0.3) is 6.08 Å². The number of aryl methyl sites for hydroxylation is 1. The quantitative estimate of drug-likeness (QED) is 0.834. The number of carboxylic acids is 1. The van der Waals surface area contributed by atoms with E-state index in [9.17, 15) is 9.59 Å². The molecule has 2 heterocycles. The highest BCUT2D eigenvalue weighted by Gasteiger charge is 2.08. The summed E-state index contributed by atoms with van der Waals surface area (Å²) in [5.41, 5.74) is 2.84. The average molecular weight is 307 g/mol. The highest BCUT2D eigenvalue weighted by molar-refractivity contribution is 7.11. The lowest BCUT2D eigenvalue weighted by Crippen LogP contribution is -2.22. The number of thiophene rings is 2. The van der Waals surface area contributed by atoms with E-state index in [1.807, 2.05) is 17.7 Å². The molecule has 0 aliphatic heterocycles. The lowest BCUT2D eigenvalue weighted by Gasteiger charge is -2.02. The maximum absolute atomic E-state index is 12.0. The summed E-state index contributed by atoms with van der Waals surface area (Å²) < 4.78 is 0. The number of carbonyl (C=O) groups excluding carboxylic acids is 1. The molecule has 104 valence electrons. The third-order valence-corrected chi connectivity index (χ3v) is 4.48. The van der Waals surface area contributed by atoms with Gasteiger partial charge in [0.15, 0.2) is 0 Å². The first kappa shape index (κ1) is 14.5. The Hall–Kier alpha value is -1.92. The molecule has 0 aliphatic rings. The van der Waals surface area contributed by atoms with Crippen LogP contribution in [-0.2, 0) is 11.3 Å². The monoisotopic (exact) mass is 307 g/mol. The van der Waals surface area contributed by atoms with E-state index < -0.39 is 5.97 Å². The van der Waals surface area contributed by atoms with Crippen molar-refractivity contribution in [3.05, 3.63) is 49.9 Å². The molecule has 0 aromatic carbocycles. The minimum absolute atomic E-state index is 0.151. The number of aliphatic carboxylic acids is 1. The van der Waals surface area contributed by atoms with Gasteiger partial charge in [-0.1, -0.05) is 0 Å². The molecule has 2 rings (SSSR count). The lowest BCUT2D eigenvalue weighted by atomic mass is 10.2. The minimum Gasteiger partial charge on any atom is -0.478 e. The van der Waals surface area contributed by atoms with Gasteiger partial charge in [-0.15, -0.1) is 11.3 Å². The molecule has 1 amide bonds. The van der Waals surface area contributed by atoms with Crippen LogP contribution in [0.15, 0.2) is 28.3 Å². The second-order valence-electron chi connectivity index (χ2n) is 4.17. The van der Waals surface area contributed by atoms with Crippen LogP contribution < -0.4 is 5.32 Å². The highest BCUT2D eigenvalue weighted by Crippen LogP contribution is 2.17. The van der Waals surface area contributed by atoms with E-state index in [0.29, 0.717) is 12.1 Å². The van der Waals surface area contributed by atoms with Gasteiger partial charge in [0, 0.05) is 22.9 Å². The predicted molar refractivity (Wildman–Crippen MR) is 81.2 cm³/mol. The summed E-state index contributed by atoms with van der Waals surface area (Å²) >= 11 is 2.95. The number of nitrogens with one attached hydrogen (secondary N) is 1. The standard InChI is InChI=1S/C14H13NO3S2/c1-9-6-19-7-11(9)5-15-14(18)10-4-12(20-8-10)2-3-13(16)17/h2-4,6-8H,5H2,1H3,(H,15,18)(H,16,17)/b3-2+. The molecule has 20 heavy (non-hydrogen) atoms. The molecule has 4 nitrogen and oxygen atoms in total. The molecule has 6 heteroatoms. The van der Waals surface area contributed by atoms with Crippen LogP contribution >= 0.6 is 22.7 Å². The summed E-state index contributed by atoms with van der Waals surface area (Å²) in [6.07, 6.45) is 2.54. The summed E-state index contributed by atoms with van der Waals surface area (Å²) in [6, 6.07) is 1.68. The zero-order valence-electron chi connectivity index (χ0n) is 10.8. The van der Waals surface area contributed by atoms with Crippen molar-refractivity contribution in [3.63, 3.8) is 0 Å². The zero-order valence-corrected chi connectivity index (χ0v) is 12.4. The zero-order chi connectivity index (χ0) is 14.5. The van der Waals surface area contributed by atoms with Crippen LogP contribution in [-0.4, -0.2) is 17.0 Å². The van der Waals surface area contributed by atoms with Gasteiger partial charge in [-0.05, 0) is 41.0 Å². The largest absolute Gasteiger partial charge is 0.478 e. The molecule has 0 saturated heterocycles. The van der Waals surface area contributed by atoms with Crippen molar-refractivity contribution in [1.82, 2.24) is 5.32 Å². The van der Waals surface area contributed by atoms with Gasteiger partial charge in [0.2, 0.25) is 0 Å². The Kier molecular flexibility index (Phi) is 4.70. The maximum atomic E-state index is 12.0. The van der Waals surface area contributed by atoms with Crippen molar-refractivity contribution in [2.75, 3.05) is 0 Å². The molecule has 0 unspecified atom stereocenters. The molecule has 0 atom stereocenters. The van der Waals surface area contributed by atoms with Gasteiger partial charge in [-0.2, -0.15) is 11.3 Å². The first-order valence-corrected chi connectivity index (χ1v) is 7.68. The topological polar surface area (TPSA) is 66.4 Å². The van der Waals surface area contributed by atoms with Crippen molar-refractivity contribution >= 4 is 40.6 Å². The predicted octanol–water partition coefficient (Wildman–Crippen LogP) is 3.15. The molecule has 0 saturated carbocycles. The summed E-state index contributed by atoms with van der Waals surface area (Å²) in [5, 5.41) is 17.2. The average Bonchev–Trinajstić information content (AvgIpc) is 3.02. The van der Waals surface area contributed by atoms with Gasteiger partial charge in [-0.25, -0.2) is 4.79 Å². The molecule has 0 bridgehead atoms. The molecule has 2 N–H and O–H groups in total. The molecule has 0 fully saturated rings. The number of carboxylic acid groups (broad SMARTS) is 1. The van der Waals surface area contributed by atoms with Gasteiger partial charge in [0.25, 0.3) is 5.91 Å². The van der Waals surface area contributed by atoms with Crippen LogP contribution in [0.4, 0.5) is 0 Å². The van der Waals surface area contributed by atoms with Crippen LogP contribution in [0.3, 0.4) is 0 Å². The Morgan fingerprint density at radius 2 is 2.15 bits per heavy atom. The van der Waals surface area contributed by atoms with Crippen molar-refractivity contribution in [1.29, 1.82) is 0 Å². The van der Waals surface area contributed by atoms with Crippen molar-refractivity contribution < 1.29 is 14.7 Å². The van der Waals surface area contributed by atoms with Crippen molar-refractivity contribution in [2.45, 2.75) is 13.5 Å². The highest BCUT2D eigenvalue weighted by atomic mass is 32.1. The Labute approximate surface area is 124 Å². The van der Waals surface area contributed by atoms with E-state index in [1.165, 1.54) is 23.0 Å². The Morgan fingerprint density at radius 1 is 1.35 bits per heavy atom. The van der Waals surface area contributed by atoms with E-state index in [0.717, 1.165) is 16.5 Å². The second-order valence-corrected chi connectivity index (χ2v) is 5.86. The fourth-order valence-corrected chi connectivity index (χ4v) is 3.19. The van der Waals surface area contributed by atoms with Gasteiger partial charge in [-0.3, -0.25) is 4.79 Å². The normalized spacial score (nSPS) is 10.8. The number of hydrogen-bond donors (Lipinski definition) is 2. The van der Waals surface area contributed by atoms with Crippen LogP contribution in [0.2, 0.25) is 0 Å². The summed E-state index contributed by atoms with van der Waals surface area (Å²) in [6.45, 7) is 2.52. The van der Waals surface area contributed by atoms with Crippen LogP contribution in [0, 0.1) is 6.92 Å². The fourth-order valence-electron chi connectivity index (χ4n) is 1.56. The molecule has 0 aliphatic carbocycles. The molecular formula is C14H13NO3S2. The Morgan fingerprint density at radius 3 is 2.80 bits per heavy atom. The SMILES string of the molecule is Cc1cscc1CNC(=O)c1csc(/C=C/C(=O)O)c1. The Bertz CT molecular complexity index is 655. The fraction of sp³-hybridized carbons (Fsp3) is 0.143. The van der Waals surface area contributed by atoms with E-state index in [2.05, 4.69) is 5.32 Å². The number of rotatable bonds is 5. The molecular weight excluding hydrogens is 294 g/mol. The third-order valence-electron chi connectivity index (χ3n) is 2.67. The number of amides is 1. The van der Waals surface area contributed by atoms with Crippen molar-refractivity contribution in [3.8, 4) is 0 Å². The van der Waals surface area contributed by atoms with E-state index in [1.54, 1.807) is 22.8 Å². The molecule has 0 radical (unpaired) electrons. The first-order valence-electron chi connectivity index (χ1n) is 5.85. The summed E-state index contributed by atoms with van der Waals surface area (Å²) in [5.74, 6) is -1.15. The van der Waals surface area contributed by atoms with Gasteiger partial charge >= 0.3 is 5.97 Å². The summed E-state index contributed by atoms with van der Waals surface area (Å²) in [7, 11) is 0. The van der Waals surface area contributed by atoms with E-state index >= 15 is 0 Å². The van der Waals surface area contributed by atoms with Gasteiger partial charge in [0.1, 0.15) is 0 Å². The minimum atomic E-state index is -1.00. The van der Waals surface area contributed by atoms with Crippen LogP contribution in [0.5, 0.6) is 0 Å². The van der Waals surface area contributed by atoms with E-state index in [-0.39, 0.29) is 5.91 Å². The smallest absolute Gasteiger partial charge is 0.328 e. The van der Waals surface area contributed by atoms with Gasteiger partial charge in [0.05, 0.1) is 5.56 Å². The van der Waals surface area contributed by atoms with Gasteiger partial charge < -0.3 is 10.4 Å². The van der Waals surface area contributed by atoms with Crippen molar-refractivity contribution in [2.24, 2.45) is 0 Å². The van der Waals surface area contributed by atoms with Crippen LogP contribution in [0.1, 0.15) is 26.4 Å². The molecule has 2 aromatic heterocycles.